The average molecular weight is 407 g/mol. The zero-order valence-corrected chi connectivity index (χ0v) is 17.4. The highest BCUT2D eigenvalue weighted by atomic mass is 32.2. The molecule has 1 N–H and O–H groups in total. The first-order valence-corrected chi connectivity index (χ1v) is 10.2. The van der Waals surface area contributed by atoms with Crippen molar-refractivity contribution in [1.82, 2.24) is 9.62 Å². The van der Waals surface area contributed by atoms with Crippen molar-refractivity contribution in [2.45, 2.75) is 18.2 Å². The summed E-state index contributed by atoms with van der Waals surface area (Å²) >= 11 is 0. The number of methoxy groups -OCH3 is 1. The molecule has 8 heteroatoms. The van der Waals surface area contributed by atoms with Crippen LogP contribution in [0.2, 0.25) is 0 Å². The van der Waals surface area contributed by atoms with E-state index in [-0.39, 0.29) is 17.4 Å². The zero-order chi connectivity index (χ0) is 20.7. The molecule has 0 aliphatic heterocycles. The largest absolute Gasteiger partial charge is 0.497 e. The van der Waals surface area contributed by atoms with Crippen molar-refractivity contribution in [3.63, 3.8) is 0 Å². The molecule has 2 aromatic rings. The number of nitrogens with one attached hydrogen (secondary N) is 1. The van der Waals surface area contributed by atoms with E-state index in [1.165, 1.54) is 26.2 Å². The molecule has 0 saturated heterocycles. The summed E-state index contributed by atoms with van der Waals surface area (Å²) in [6, 6.07) is 12.2. The van der Waals surface area contributed by atoms with Crippen molar-refractivity contribution in [3.05, 3.63) is 53.6 Å². The van der Waals surface area contributed by atoms with E-state index >= 15 is 0 Å². The van der Waals surface area contributed by atoms with Crippen LogP contribution in [0.25, 0.3) is 0 Å². The maximum absolute atomic E-state index is 12.1. The Morgan fingerprint density at radius 2 is 1.79 bits per heavy atom. The summed E-state index contributed by atoms with van der Waals surface area (Å²) in [6.45, 7) is 2.10. The number of hydrogen-bond donors (Lipinski definition) is 1. The molecule has 0 aromatic heterocycles. The van der Waals surface area contributed by atoms with Gasteiger partial charge in [0.1, 0.15) is 11.5 Å². The summed E-state index contributed by atoms with van der Waals surface area (Å²) in [7, 11) is 1.07. The molecule has 0 saturated carbocycles. The van der Waals surface area contributed by atoms with Crippen LogP contribution in [0.5, 0.6) is 11.5 Å². The van der Waals surface area contributed by atoms with Gasteiger partial charge in [-0.25, -0.2) is 12.7 Å². The van der Waals surface area contributed by atoms with Gasteiger partial charge in [0.15, 0.2) is 6.61 Å². The molecule has 0 fully saturated rings. The van der Waals surface area contributed by atoms with Gasteiger partial charge in [-0.15, -0.1) is 0 Å². The topological polar surface area (TPSA) is 84.9 Å². The van der Waals surface area contributed by atoms with Gasteiger partial charge in [-0.2, -0.15) is 0 Å². The standard InChI is InChI=1S/C20H26N2O5S/c1-15-13-18(28(24,25)22(2)3)9-10-19(15)27-14-20(23)21-12-11-16-5-7-17(26-4)8-6-16/h5-10,13H,11-12,14H2,1-4H3,(H,21,23). The minimum Gasteiger partial charge on any atom is -0.497 e. The molecule has 2 aromatic carbocycles. The maximum Gasteiger partial charge on any atom is 0.257 e. The number of nitrogens with zero attached hydrogens (tertiary/aromatic N) is 1. The third-order valence-corrected chi connectivity index (χ3v) is 5.99. The molecule has 0 heterocycles. The molecule has 0 atom stereocenters. The van der Waals surface area contributed by atoms with Crippen LogP contribution in [0.15, 0.2) is 47.4 Å². The van der Waals surface area contributed by atoms with Crippen molar-refractivity contribution in [1.29, 1.82) is 0 Å². The molecular weight excluding hydrogens is 380 g/mol. The van der Waals surface area contributed by atoms with Gasteiger partial charge in [0, 0.05) is 20.6 Å². The van der Waals surface area contributed by atoms with Gasteiger partial charge in [-0.1, -0.05) is 12.1 Å². The van der Waals surface area contributed by atoms with Gasteiger partial charge < -0.3 is 14.8 Å². The lowest BCUT2D eigenvalue weighted by Gasteiger charge is -2.14. The van der Waals surface area contributed by atoms with Crippen LogP contribution < -0.4 is 14.8 Å². The second-order valence-electron chi connectivity index (χ2n) is 6.45. The maximum atomic E-state index is 12.1. The number of carbonyl (C=O) groups is 1. The summed E-state index contributed by atoms with van der Waals surface area (Å²) in [5, 5.41) is 2.80. The lowest BCUT2D eigenvalue weighted by molar-refractivity contribution is -0.123. The number of aryl methyl sites for hydroxylation is 1. The normalized spacial score (nSPS) is 11.3. The van der Waals surface area contributed by atoms with Crippen molar-refractivity contribution in [3.8, 4) is 11.5 Å². The van der Waals surface area contributed by atoms with Crippen LogP contribution in [-0.4, -0.2) is 53.0 Å². The SMILES string of the molecule is COc1ccc(CCNC(=O)COc2ccc(S(=O)(=O)N(C)C)cc2C)cc1. The van der Waals surface area contributed by atoms with E-state index in [0.717, 1.165) is 15.6 Å². The quantitative estimate of drug-likeness (QED) is 0.688. The van der Waals surface area contributed by atoms with E-state index in [9.17, 15) is 13.2 Å². The number of rotatable bonds is 9. The fraction of sp³-hybridized carbons (Fsp3) is 0.350. The third kappa shape index (κ3) is 5.71. The average Bonchev–Trinajstić information content (AvgIpc) is 2.67. The lowest BCUT2D eigenvalue weighted by atomic mass is 10.1. The second kappa shape index (κ2) is 9.57. The van der Waals surface area contributed by atoms with Gasteiger partial charge in [0.2, 0.25) is 10.0 Å². The van der Waals surface area contributed by atoms with Crippen LogP contribution >= 0.6 is 0 Å². The number of benzene rings is 2. The van der Waals surface area contributed by atoms with Crippen molar-refractivity contribution < 1.29 is 22.7 Å². The smallest absolute Gasteiger partial charge is 0.257 e. The number of ether oxygens (including phenoxy) is 2. The van der Waals surface area contributed by atoms with Gasteiger partial charge in [0.05, 0.1) is 12.0 Å². The fourth-order valence-corrected chi connectivity index (χ4v) is 3.48. The Bertz CT molecular complexity index is 909. The molecule has 1 amide bonds. The third-order valence-electron chi connectivity index (χ3n) is 4.18. The second-order valence-corrected chi connectivity index (χ2v) is 8.60. The van der Waals surface area contributed by atoms with E-state index in [0.29, 0.717) is 24.3 Å². The van der Waals surface area contributed by atoms with Gasteiger partial charge in [0.25, 0.3) is 5.91 Å². The van der Waals surface area contributed by atoms with Crippen LogP contribution in [0, 0.1) is 6.92 Å². The Balaban J connectivity index is 1.83. The first-order chi connectivity index (χ1) is 13.2. The predicted octanol–water partition coefficient (Wildman–Crippen LogP) is 1.99. The summed E-state index contributed by atoms with van der Waals surface area (Å²) in [5.74, 6) is 1.03. The molecular formula is C20H26N2O5S. The molecule has 0 bridgehead atoms. The number of sulfonamides is 1. The van der Waals surface area contributed by atoms with Crippen molar-refractivity contribution >= 4 is 15.9 Å². The Hall–Kier alpha value is -2.58. The molecule has 0 unspecified atom stereocenters. The van der Waals surface area contributed by atoms with E-state index in [1.807, 2.05) is 24.3 Å². The van der Waals surface area contributed by atoms with Gasteiger partial charge >= 0.3 is 0 Å². The summed E-state index contributed by atoms with van der Waals surface area (Å²) in [5.41, 5.74) is 1.74. The summed E-state index contributed by atoms with van der Waals surface area (Å²) in [6.07, 6.45) is 0.700. The van der Waals surface area contributed by atoms with Crippen LogP contribution in [-0.2, 0) is 21.2 Å². The predicted molar refractivity (Wildman–Crippen MR) is 107 cm³/mol. The molecule has 0 radical (unpaired) electrons. The first kappa shape index (κ1) is 21.7. The Labute approximate surface area is 166 Å². The molecule has 152 valence electrons. The minimum atomic E-state index is -3.50. The van der Waals surface area contributed by atoms with Crippen molar-refractivity contribution in [2.75, 3.05) is 34.4 Å². The van der Waals surface area contributed by atoms with Crippen LogP contribution in [0.4, 0.5) is 0 Å². The van der Waals surface area contributed by atoms with Gasteiger partial charge in [-0.05, 0) is 54.8 Å². The van der Waals surface area contributed by atoms with E-state index in [1.54, 1.807) is 20.1 Å². The zero-order valence-electron chi connectivity index (χ0n) is 16.6. The van der Waals surface area contributed by atoms with Gasteiger partial charge in [-0.3, -0.25) is 4.79 Å². The Kier molecular flexibility index (Phi) is 7.42. The highest BCUT2D eigenvalue weighted by Crippen LogP contribution is 2.23. The monoisotopic (exact) mass is 406 g/mol. The first-order valence-electron chi connectivity index (χ1n) is 8.79. The fourth-order valence-electron chi connectivity index (χ4n) is 2.49. The molecule has 28 heavy (non-hydrogen) atoms. The summed E-state index contributed by atoms with van der Waals surface area (Å²) in [4.78, 5) is 12.2. The highest BCUT2D eigenvalue weighted by molar-refractivity contribution is 7.89. The van der Waals surface area contributed by atoms with E-state index < -0.39 is 10.0 Å². The highest BCUT2D eigenvalue weighted by Gasteiger charge is 2.18. The number of carbonyl (C=O) groups excluding carboxylic acids is 1. The molecule has 0 aliphatic carbocycles. The molecule has 7 nitrogen and oxygen atoms in total. The molecule has 2 rings (SSSR count). The van der Waals surface area contributed by atoms with Crippen LogP contribution in [0.3, 0.4) is 0 Å². The molecule has 0 aliphatic rings. The summed E-state index contributed by atoms with van der Waals surface area (Å²) < 4.78 is 36.1. The number of amides is 1. The van der Waals surface area contributed by atoms with Crippen LogP contribution in [0.1, 0.15) is 11.1 Å². The lowest BCUT2D eigenvalue weighted by Crippen LogP contribution is -2.30. The minimum absolute atomic E-state index is 0.136. The number of hydrogen-bond acceptors (Lipinski definition) is 5. The Morgan fingerprint density at radius 3 is 2.36 bits per heavy atom. The van der Waals surface area contributed by atoms with Crippen molar-refractivity contribution in [2.24, 2.45) is 0 Å². The van der Waals surface area contributed by atoms with E-state index in [4.69, 9.17) is 9.47 Å². The van der Waals surface area contributed by atoms with E-state index in [2.05, 4.69) is 5.32 Å². The Morgan fingerprint density at radius 1 is 1.11 bits per heavy atom. The molecule has 0 spiro atoms.